The minimum absolute atomic E-state index is 0.152. The standard InChI is InChI=1S/C19H21ClN4OS/c1-13(11-14-5-6-17(20)26-14)12-23-7-9-24(10-8-23)16-4-2-3-15-18(16)22-19(25)21-15/h2-6,11H,7-10,12H2,1H3,(H2,21,22,25)/b13-11+. The maximum absolute atomic E-state index is 11.6. The highest BCUT2D eigenvalue weighted by atomic mass is 35.5. The molecule has 2 N–H and O–H groups in total. The molecule has 1 fully saturated rings. The zero-order valence-electron chi connectivity index (χ0n) is 14.6. The number of H-pyrrole nitrogens is 2. The molecule has 0 saturated carbocycles. The summed E-state index contributed by atoms with van der Waals surface area (Å²) in [6.45, 7) is 7.04. The van der Waals surface area contributed by atoms with Gasteiger partial charge in [0.25, 0.3) is 0 Å². The third kappa shape index (κ3) is 3.72. The number of hydrogen-bond acceptors (Lipinski definition) is 4. The van der Waals surface area contributed by atoms with Gasteiger partial charge in [0.15, 0.2) is 0 Å². The Bertz CT molecular complexity index is 994. The lowest BCUT2D eigenvalue weighted by molar-refractivity contribution is 0.279. The van der Waals surface area contributed by atoms with Crippen LogP contribution in [-0.4, -0.2) is 47.6 Å². The molecule has 1 aliphatic heterocycles. The number of rotatable bonds is 4. The molecule has 1 aliphatic rings. The van der Waals surface area contributed by atoms with Crippen LogP contribution in [0, 0.1) is 0 Å². The summed E-state index contributed by atoms with van der Waals surface area (Å²) in [6, 6.07) is 10.0. The number of anilines is 1. The van der Waals surface area contributed by atoms with Gasteiger partial charge in [-0.2, -0.15) is 0 Å². The van der Waals surface area contributed by atoms with E-state index in [2.05, 4.69) is 44.9 Å². The van der Waals surface area contributed by atoms with Gasteiger partial charge in [-0.1, -0.05) is 23.2 Å². The molecular weight excluding hydrogens is 368 g/mol. The van der Waals surface area contributed by atoms with Crippen LogP contribution in [0.4, 0.5) is 5.69 Å². The first-order chi connectivity index (χ1) is 12.6. The Morgan fingerprint density at radius 2 is 2.00 bits per heavy atom. The average molecular weight is 389 g/mol. The van der Waals surface area contributed by atoms with E-state index in [4.69, 9.17) is 11.6 Å². The molecule has 3 heterocycles. The molecule has 1 aromatic carbocycles. The number of nitrogens with zero attached hydrogens (tertiary/aromatic N) is 2. The van der Waals surface area contributed by atoms with Crippen molar-refractivity contribution in [3.8, 4) is 0 Å². The van der Waals surface area contributed by atoms with Crippen molar-refractivity contribution in [1.29, 1.82) is 0 Å². The lowest BCUT2D eigenvalue weighted by Gasteiger charge is -2.36. The van der Waals surface area contributed by atoms with Crippen molar-refractivity contribution in [2.24, 2.45) is 0 Å². The molecule has 0 radical (unpaired) electrons. The van der Waals surface area contributed by atoms with E-state index in [1.807, 2.05) is 18.2 Å². The van der Waals surface area contributed by atoms with Gasteiger partial charge in [-0.3, -0.25) is 4.90 Å². The number of thiophene rings is 1. The number of hydrogen-bond donors (Lipinski definition) is 2. The summed E-state index contributed by atoms with van der Waals surface area (Å²) in [5.41, 5.74) is 4.05. The lowest BCUT2D eigenvalue weighted by Crippen LogP contribution is -2.46. The van der Waals surface area contributed by atoms with E-state index < -0.39 is 0 Å². The van der Waals surface area contributed by atoms with Crippen molar-refractivity contribution >= 4 is 45.7 Å². The van der Waals surface area contributed by atoms with Crippen LogP contribution in [0.2, 0.25) is 4.34 Å². The molecule has 4 rings (SSSR count). The number of halogens is 1. The molecule has 7 heteroatoms. The second-order valence-electron chi connectivity index (χ2n) is 6.67. The Kier molecular flexibility index (Phi) is 4.89. The Morgan fingerprint density at radius 1 is 1.19 bits per heavy atom. The van der Waals surface area contributed by atoms with E-state index in [0.717, 1.165) is 53.8 Å². The topological polar surface area (TPSA) is 55.1 Å². The summed E-state index contributed by atoms with van der Waals surface area (Å²) in [4.78, 5) is 23.4. The van der Waals surface area contributed by atoms with E-state index in [0.29, 0.717) is 0 Å². The molecule has 5 nitrogen and oxygen atoms in total. The second-order valence-corrected chi connectivity index (χ2v) is 8.42. The summed E-state index contributed by atoms with van der Waals surface area (Å²) < 4.78 is 0.828. The molecule has 0 spiro atoms. The maximum Gasteiger partial charge on any atom is 0.323 e. The number of benzene rings is 1. The molecule has 136 valence electrons. The van der Waals surface area contributed by atoms with Crippen LogP contribution in [0.15, 0.2) is 40.7 Å². The number of fused-ring (bicyclic) bond motifs is 1. The van der Waals surface area contributed by atoms with Crippen molar-refractivity contribution in [3.63, 3.8) is 0 Å². The average Bonchev–Trinajstić information content (AvgIpc) is 3.19. The van der Waals surface area contributed by atoms with Gasteiger partial charge in [0.2, 0.25) is 0 Å². The number of piperazine rings is 1. The van der Waals surface area contributed by atoms with Crippen molar-refractivity contribution < 1.29 is 0 Å². The quantitative estimate of drug-likeness (QED) is 0.714. The zero-order chi connectivity index (χ0) is 18.1. The molecule has 0 aliphatic carbocycles. The first kappa shape index (κ1) is 17.4. The van der Waals surface area contributed by atoms with Gasteiger partial charge in [0.1, 0.15) is 0 Å². The number of aromatic amines is 2. The number of imidazole rings is 1. The van der Waals surface area contributed by atoms with Gasteiger partial charge in [-0.15, -0.1) is 11.3 Å². The van der Waals surface area contributed by atoms with Crippen LogP contribution in [0.25, 0.3) is 17.1 Å². The van der Waals surface area contributed by atoms with Crippen molar-refractivity contribution in [2.45, 2.75) is 6.92 Å². The summed E-state index contributed by atoms with van der Waals surface area (Å²) in [7, 11) is 0. The number of para-hydroxylation sites is 1. The van der Waals surface area contributed by atoms with E-state index in [1.54, 1.807) is 11.3 Å². The van der Waals surface area contributed by atoms with E-state index >= 15 is 0 Å². The predicted octanol–water partition coefficient (Wildman–Crippen LogP) is 3.80. The molecule has 26 heavy (non-hydrogen) atoms. The third-order valence-electron chi connectivity index (χ3n) is 4.70. The molecule has 0 unspecified atom stereocenters. The minimum atomic E-state index is -0.152. The SMILES string of the molecule is C/C(=C\c1ccc(Cl)s1)CN1CCN(c2cccc3[nH]c(=O)[nH]c23)CC1. The van der Waals surface area contributed by atoms with Gasteiger partial charge >= 0.3 is 5.69 Å². The minimum Gasteiger partial charge on any atom is -0.367 e. The molecule has 1 saturated heterocycles. The second kappa shape index (κ2) is 7.31. The smallest absolute Gasteiger partial charge is 0.323 e. The fourth-order valence-electron chi connectivity index (χ4n) is 3.50. The Balaban J connectivity index is 1.41. The van der Waals surface area contributed by atoms with Crippen LogP contribution in [0.1, 0.15) is 11.8 Å². The van der Waals surface area contributed by atoms with Gasteiger partial charge in [0, 0.05) is 37.6 Å². The van der Waals surface area contributed by atoms with E-state index in [1.165, 1.54) is 10.5 Å². The third-order valence-corrected chi connectivity index (χ3v) is 5.88. The highest BCUT2D eigenvalue weighted by Crippen LogP contribution is 2.25. The Labute approximate surface area is 160 Å². The highest BCUT2D eigenvalue weighted by Gasteiger charge is 2.19. The first-order valence-electron chi connectivity index (χ1n) is 8.69. The zero-order valence-corrected chi connectivity index (χ0v) is 16.2. The largest absolute Gasteiger partial charge is 0.367 e. The van der Waals surface area contributed by atoms with Crippen LogP contribution in [0.3, 0.4) is 0 Å². The summed E-state index contributed by atoms with van der Waals surface area (Å²) in [6.07, 6.45) is 2.22. The molecular formula is C19H21ClN4OS. The normalized spacial score (nSPS) is 16.5. The van der Waals surface area contributed by atoms with E-state index in [9.17, 15) is 4.79 Å². The van der Waals surface area contributed by atoms with Gasteiger partial charge in [-0.05, 0) is 37.3 Å². The van der Waals surface area contributed by atoms with Crippen LogP contribution in [0.5, 0.6) is 0 Å². The highest BCUT2D eigenvalue weighted by molar-refractivity contribution is 7.17. The number of nitrogens with one attached hydrogen (secondary N) is 2. The molecule has 0 bridgehead atoms. The fourth-order valence-corrected chi connectivity index (χ4v) is 4.59. The Hall–Kier alpha value is -2.02. The van der Waals surface area contributed by atoms with Crippen molar-refractivity contribution in [2.75, 3.05) is 37.6 Å². The van der Waals surface area contributed by atoms with Crippen LogP contribution in [-0.2, 0) is 0 Å². The van der Waals surface area contributed by atoms with Crippen molar-refractivity contribution in [3.05, 3.63) is 55.6 Å². The van der Waals surface area contributed by atoms with Crippen LogP contribution < -0.4 is 10.6 Å². The van der Waals surface area contributed by atoms with Gasteiger partial charge < -0.3 is 14.9 Å². The molecule has 0 amide bonds. The predicted molar refractivity (Wildman–Crippen MR) is 111 cm³/mol. The van der Waals surface area contributed by atoms with Gasteiger partial charge in [0.05, 0.1) is 21.1 Å². The molecule has 2 aromatic heterocycles. The summed E-state index contributed by atoms with van der Waals surface area (Å²) >= 11 is 7.61. The monoisotopic (exact) mass is 388 g/mol. The molecule has 0 atom stereocenters. The fraction of sp³-hybridized carbons (Fsp3) is 0.316. The Morgan fingerprint density at radius 3 is 2.73 bits per heavy atom. The maximum atomic E-state index is 11.6. The van der Waals surface area contributed by atoms with Gasteiger partial charge in [-0.25, -0.2) is 4.79 Å². The summed E-state index contributed by atoms with van der Waals surface area (Å²) in [5, 5.41) is 0. The first-order valence-corrected chi connectivity index (χ1v) is 9.89. The van der Waals surface area contributed by atoms with E-state index in [-0.39, 0.29) is 5.69 Å². The molecule has 3 aromatic rings. The van der Waals surface area contributed by atoms with Crippen LogP contribution >= 0.6 is 22.9 Å². The van der Waals surface area contributed by atoms with Crippen molar-refractivity contribution in [1.82, 2.24) is 14.9 Å². The summed E-state index contributed by atoms with van der Waals surface area (Å²) in [5.74, 6) is 0. The lowest BCUT2D eigenvalue weighted by atomic mass is 10.2. The number of aromatic nitrogens is 2.